The van der Waals surface area contributed by atoms with E-state index in [1.165, 1.54) is 250 Å². The van der Waals surface area contributed by atoms with Gasteiger partial charge in [0.25, 0.3) is 0 Å². The van der Waals surface area contributed by atoms with Gasteiger partial charge in [0.2, 0.25) is 0 Å². The second-order valence-electron chi connectivity index (χ2n) is 24.5. The smallest absolute Gasteiger partial charge is 0.306 e. The van der Waals surface area contributed by atoms with Gasteiger partial charge in [-0.3, -0.25) is 14.4 Å². The first-order valence-electron chi connectivity index (χ1n) is 36.4. The zero-order valence-electron chi connectivity index (χ0n) is 55.5. The largest absolute Gasteiger partial charge is 0.462 e. The summed E-state index contributed by atoms with van der Waals surface area (Å²) in [5.41, 5.74) is 0. The summed E-state index contributed by atoms with van der Waals surface area (Å²) in [6, 6.07) is 0. The van der Waals surface area contributed by atoms with Crippen LogP contribution < -0.4 is 0 Å². The van der Waals surface area contributed by atoms with Crippen LogP contribution in [0.5, 0.6) is 0 Å². The highest BCUT2D eigenvalue weighted by Gasteiger charge is 2.19. The van der Waals surface area contributed by atoms with Crippen LogP contribution >= 0.6 is 0 Å². The van der Waals surface area contributed by atoms with Crippen LogP contribution in [0.2, 0.25) is 0 Å². The second kappa shape index (κ2) is 71.3. The molecule has 0 bridgehead atoms. The Labute approximate surface area is 516 Å². The van der Waals surface area contributed by atoms with Gasteiger partial charge in [-0.25, -0.2) is 0 Å². The lowest BCUT2D eigenvalue weighted by molar-refractivity contribution is -0.167. The van der Waals surface area contributed by atoms with Crippen molar-refractivity contribution in [1.82, 2.24) is 0 Å². The molecular weight excluding hydrogens is 1020 g/mol. The number of hydrogen-bond donors (Lipinski definition) is 0. The van der Waals surface area contributed by atoms with Crippen molar-refractivity contribution in [3.05, 3.63) is 72.9 Å². The first-order valence-corrected chi connectivity index (χ1v) is 36.4. The summed E-state index contributed by atoms with van der Waals surface area (Å²) in [5, 5.41) is 0. The van der Waals surface area contributed by atoms with Crippen LogP contribution in [-0.4, -0.2) is 37.2 Å². The van der Waals surface area contributed by atoms with Gasteiger partial charge >= 0.3 is 17.9 Å². The topological polar surface area (TPSA) is 78.9 Å². The summed E-state index contributed by atoms with van der Waals surface area (Å²) in [6.45, 7) is 6.56. The Hall–Kier alpha value is -3.15. The molecule has 0 aromatic rings. The van der Waals surface area contributed by atoms with E-state index in [1.54, 1.807) is 0 Å². The molecule has 0 amide bonds. The van der Waals surface area contributed by atoms with Gasteiger partial charge in [-0.15, -0.1) is 0 Å². The summed E-state index contributed by atoms with van der Waals surface area (Å²) >= 11 is 0. The molecular formula is C77H138O6. The van der Waals surface area contributed by atoms with E-state index in [9.17, 15) is 14.4 Å². The summed E-state index contributed by atoms with van der Waals surface area (Å²) in [7, 11) is 0. The van der Waals surface area contributed by atoms with Crippen molar-refractivity contribution in [2.45, 2.75) is 386 Å². The summed E-state index contributed by atoms with van der Waals surface area (Å²) in [4.78, 5) is 38.3. The Bertz CT molecular complexity index is 1520. The maximum Gasteiger partial charge on any atom is 0.306 e. The number of allylic oxidation sites excluding steroid dienone is 12. The summed E-state index contributed by atoms with van der Waals surface area (Å²) in [5.74, 6) is -0.850. The molecule has 6 nitrogen and oxygen atoms in total. The van der Waals surface area contributed by atoms with Crippen LogP contribution in [0.1, 0.15) is 380 Å². The molecule has 0 aromatic carbocycles. The van der Waals surface area contributed by atoms with Crippen LogP contribution in [-0.2, 0) is 28.6 Å². The third-order valence-corrected chi connectivity index (χ3v) is 16.2. The number of carbonyl (C=O) groups is 3. The third kappa shape index (κ3) is 69.5. The van der Waals surface area contributed by atoms with Crippen LogP contribution in [0.4, 0.5) is 0 Å². The monoisotopic (exact) mass is 1160 g/mol. The van der Waals surface area contributed by atoms with Crippen LogP contribution in [0, 0.1) is 0 Å². The quantitative estimate of drug-likeness (QED) is 0.0261. The fraction of sp³-hybridized carbons (Fsp3) is 0.805. The van der Waals surface area contributed by atoms with E-state index in [0.29, 0.717) is 19.3 Å². The molecule has 0 aliphatic heterocycles. The number of hydrogen-bond acceptors (Lipinski definition) is 6. The number of carbonyl (C=O) groups excluding carboxylic acids is 3. The molecule has 0 saturated carbocycles. The van der Waals surface area contributed by atoms with E-state index in [4.69, 9.17) is 14.2 Å². The molecule has 0 aliphatic rings. The van der Waals surface area contributed by atoms with Gasteiger partial charge in [0, 0.05) is 19.3 Å². The van der Waals surface area contributed by atoms with Gasteiger partial charge < -0.3 is 14.2 Å². The van der Waals surface area contributed by atoms with Gasteiger partial charge in [-0.2, -0.15) is 0 Å². The van der Waals surface area contributed by atoms with Crippen molar-refractivity contribution < 1.29 is 28.6 Å². The first kappa shape index (κ1) is 79.8. The molecule has 0 spiro atoms. The van der Waals surface area contributed by atoms with Gasteiger partial charge in [0.1, 0.15) is 13.2 Å². The molecule has 0 saturated heterocycles. The number of rotatable bonds is 67. The van der Waals surface area contributed by atoms with Gasteiger partial charge in [0.05, 0.1) is 0 Å². The Kier molecular flexibility index (Phi) is 68.6. The molecule has 0 fully saturated rings. The molecule has 0 rings (SSSR count). The maximum absolute atomic E-state index is 12.9. The second-order valence-corrected chi connectivity index (χ2v) is 24.5. The summed E-state index contributed by atoms with van der Waals surface area (Å²) in [6.07, 6.45) is 93.8. The highest BCUT2D eigenvalue weighted by Crippen LogP contribution is 2.18. The molecule has 0 radical (unpaired) electrons. The predicted octanol–water partition coefficient (Wildman–Crippen LogP) is 25.2. The first-order chi connectivity index (χ1) is 41.0. The van der Waals surface area contributed by atoms with E-state index >= 15 is 0 Å². The van der Waals surface area contributed by atoms with E-state index in [-0.39, 0.29) is 31.1 Å². The Morgan fingerprint density at radius 3 is 0.747 bits per heavy atom. The van der Waals surface area contributed by atoms with Gasteiger partial charge in [0.15, 0.2) is 6.10 Å². The van der Waals surface area contributed by atoms with Gasteiger partial charge in [-0.05, 0) is 89.9 Å². The molecule has 0 N–H and O–H groups in total. The zero-order chi connectivity index (χ0) is 59.9. The number of unbranched alkanes of at least 4 members (excludes halogenated alkanes) is 44. The minimum Gasteiger partial charge on any atom is -0.462 e. The van der Waals surface area contributed by atoms with Crippen LogP contribution in [0.3, 0.4) is 0 Å². The summed E-state index contributed by atoms with van der Waals surface area (Å²) < 4.78 is 17.0. The van der Waals surface area contributed by atoms with Crippen LogP contribution in [0.15, 0.2) is 72.9 Å². The molecule has 1 atom stereocenters. The highest BCUT2D eigenvalue weighted by molar-refractivity contribution is 5.71. The minimum absolute atomic E-state index is 0.0696. The molecule has 482 valence electrons. The van der Waals surface area contributed by atoms with Crippen molar-refractivity contribution in [3.8, 4) is 0 Å². The minimum atomic E-state index is -0.772. The fourth-order valence-corrected chi connectivity index (χ4v) is 10.8. The van der Waals surface area contributed by atoms with Crippen molar-refractivity contribution >= 4 is 17.9 Å². The lowest BCUT2D eigenvalue weighted by Crippen LogP contribution is -2.30. The third-order valence-electron chi connectivity index (χ3n) is 16.2. The van der Waals surface area contributed by atoms with Crippen molar-refractivity contribution in [2.75, 3.05) is 13.2 Å². The van der Waals surface area contributed by atoms with Crippen molar-refractivity contribution in [1.29, 1.82) is 0 Å². The predicted molar refractivity (Wildman–Crippen MR) is 362 cm³/mol. The standard InChI is InChI=1S/C77H138O6/c1-4-7-10-13-16-19-21-23-25-27-29-31-33-35-36-37-38-39-40-42-43-45-47-49-51-53-55-58-61-64-67-70-76(79)82-73-74(72-81-75(78)69-66-63-60-57-18-15-12-9-6-3)83-77(80)71-68-65-62-59-56-54-52-50-48-46-44-41-34-32-30-28-26-24-22-20-17-14-11-8-5-2/h7,10,16,19,23,25,28-31,35-36,74H,4-6,8-9,11-15,17-18,20-22,24,26-27,32-34,37-73H2,1-3H3/b10-7-,19-16-,25-23-,30-28-,31-29-,36-35-. The van der Waals surface area contributed by atoms with E-state index < -0.39 is 6.10 Å². The maximum atomic E-state index is 12.9. The Balaban J connectivity index is 4.10. The molecule has 83 heavy (non-hydrogen) atoms. The average molecular weight is 1160 g/mol. The SMILES string of the molecule is CC/C=C\C/C=C\C/C=C\C/C=C\C/C=C\CCCCCCCCCCCCCCCCCC(=O)OCC(COC(=O)CCCCCCCCCCC)OC(=O)CCCCCCCCCCCCCCC/C=C\CCCCCCCCCC. The zero-order valence-corrected chi connectivity index (χ0v) is 55.5. The average Bonchev–Trinajstić information content (AvgIpc) is 3.49. The number of esters is 3. The normalized spacial score (nSPS) is 12.5. The lowest BCUT2D eigenvalue weighted by Gasteiger charge is -2.18. The Morgan fingerprint density at radius 2 is 0.470 bits per heavy atom. The van der Waals surface area contributed by atoms with Crippen molar-refractivity contribution in [2.24, 2.45) is 0 Å². The molecule has 0 aliphatic carbocycles. The molecule has 0 heterocycles. The molecule has 0 aromatic heterocycles. The lowest BCUT2D eigenvalue weighted by atomic mass is 10.0. The van der Waals surface area contributed by atoms with E-state index in [1.807, 2.05) is 0 Å². The fourth-order valence-electron chi connectivity index (χ4n) is 10.8. The van der Waals surface area contributed by atoms with Crippen LogP contribution in [0.25, 0.3) is 0 Å². The van der Waals surface area contributed by atoms with E-state index in [2.05, 4.69) is 93.7 Å². The van der Waals surface area contributed by atoms with E-state index in [0.717, 1.165) is 89.9 Å². The highest BCUT2D eigenvalue weighted by atomic mass is 16.6. The Morgan fingerprint density at radius 1 is 0.253 bits per heavy atom. The molecule has 1 unspecified atom stereocenters. The number of ether oxygens (including phenoxy) is 3. The molecule has 6 heteroatoms. The van der Waals surface area contributed by atoms with Crippen molar-refractivity contribution in [3.63, 3.8) is 0 Å². The van der Waals surface area contributed by atoms with Gasteiger partial charge in [-0.1, -0.05) is 344 Å².